The fourth-order valence-electron chi connectivity index (χ4n) is 2.19. The van der Waals surface area contributed by atoms with Crippen LogP contribution in [0.4, 0.5) is 5.69 Å². The maximum Gasteiger partial charge on any atom is 0.106 e. The van der Waals surface area contributed by atoms with Gasteiger partial charge in [0.15, 0.2) is 0 Å². The molecule has 17 heavy (non-hydrogen) atoms. The average Bonchev–Trinajstić information content (AvgIpc) is 2.38. The Balaban J connectivity index is 2.18. The Morgan fingerprint density at radius 3 is 2.76 bits per heavy atom. The molecule has 3 rings (SSSR count). The zero-order chi connectivity index (χ0) is 11.8. The third-order valence-corrected chi connectivity index (χ3v) is 3.18. The summed E-state index contributed by atoms with van der Waals surface area (Å²) < 4.78 is 0. The molecule has 1 heterocycles. The maximum atomic E-state index is 4.51. The molecule has 3 heteroatoms. The molecule has 0 aliphatic carbocycles. The Hall–Kier alpha value is -1.87. The van der Waals surface area contributed by atoms with E-state index in [0.29, 0.717) is 0 Å². The van der Waals surface area contributed by atoms with Crippen molar-refractivity contribution in [2.45, 2.75) is 6.54 Å². The predicted molar refractivity (Wildman–Crippen MR) is 71.3 cm³/mol. The van der Waals surface area contributed by atoms with E-state index in [9.17, 15) is 0 Å². The Labute approximate surface area is 101 Å². The summed E-state index contributed by atoms with van der Waals surface area (Å²) in [5.41, 5.74) is 2.39. The van der Waals surface area contributed by atoms with Crippen molar-refractivity contribution in [2.24, 2.45) is 4.99 Å². The van der Waals surface area contributed by atoms with Gasteiger partial charge >= 0.3 is 0 Å². The standard InChI is InChI=1S/C14H15N3/c1-16(2)17-9-13-12-6-4-3-5-11(12)7-8-14(13)15-10-17/h3-8,10H,9H2,1-2H3. The molecule has 0 amide bonds. The zero-order valence-corrected chi connectivity index (χ0v) is 10.1. The van der Waals surface area contributed by atoms with E-state index < -0.39 is 0 Å². The van der Waals surface area contributed by atoms with Crippen LogP contribution in [0, 0.1) is 0 Å². The van der Waals surface area contributed by atoms with Crippen molar-refractivity contribution in [1.29, 1.82) is 0 Å². The van der Waals surface area contributed by atoms with Crippen molar-refractivity contribution in [3.8, 4) is 0 Å². The van der Waals surface area contributed by atoms with Gasteiger partial charge in [0, 0.05) is 19.7 Å². The summed E-state index contributed by atoms with van der Waals surface area (Å²) in [4.78, 5) is 4.51. The summed E-state index contributed by atoms with van der Waals surface area (Å²) in [6.45, 7) is 0.882. The Morgan fingerprint density at radius 1 is 1.12 bits per heavy atom. The van der Waals surface area contributed by atoms with Gasteiger partial charge in [-0.15, -0.1) is 0 Å². The van der Waals surface area contributed by atoms with Gasteiger partial charge in [-0.1, -0.05) is 30.3 Å². The van der Waals surface area contributed by atoms with Gasteiger partial charge in [0.25, 0.3) is 0 Å². The number of nitrogens with zero attached hydrogens (tertiary/aromatic N) is 3. The van der Waals surface area contributed by atoms with Crippen molar-refractivity contribution in [1.82, 2.24) is 10.0 Å². The number of hydrogen-bond acceptors (Lipinski definition) is 3. The van der Waals surface area contributed by atoms with Gasteiger partial charge in [-0.25, -0.2) is 10.0 Å². The molecule has 3 nitrogen and oxygen atoms in total. The smallest absolute Gasteiger partial charge is 0.106 e. The Morgan fingerprint density at radius 2 is 1.94 bits per heavy atom. The first-order valence-electron chi connectivity index (χ1n) is 5.74. The van der Waals surface area contributed by atoms with Gasteiger partial charge < -0.3 is 0 Å². The van der Waals surface area contributed by atoms with E-state index in [4.69, 9.17) is 0 Å². The van der Waals surface area contributed by atoms with Crippen molar-refractivity contribution in [3.63, 3.8) is 0 Å². The monoisotopic (exact) mass is 225 g/mol. The first kappa shape index (κ1) is 10.3. The van der Waals surface area contributed by atoms with Crippen LogP contribution >= 0.6 is 0 Å². The first-order valence-corrected chi connectivity index (χ1v) is 5.74. The van der Waals surface area contributed by atoms with Gasteiger partial charge in [-0.05, 0) is 16.8 Å². The lowest BCUT2D eigenvalue weighted by atomic mass is 10.0. The Kier molecular flexibility index (Phi) is 2.34. The lowest BCUT2D eigenvalue weighted by Gasteiger charge is -2.30. The second-order valence-corrected chi connectivity index (χ2v) is 4.47. The third-order valence-electron chi connectivity index (χ3n) is 3.18. The molecule has 0 aromatic heterocycles. The maximum absolute atomic E-state index is 4.51. The number of aliphatic imine (C=N–C) groups is 1. The molecule has 0 N–H and O–H groups in total. The number of hydrogen-bond donors (Lipinski definition) is 0. The highest BCUT2D eigenvalue weighted by atomic mass is 15.6. The van der Waals surface area contributed by atoms with Crippen molar-refractivity contribution >= 4 is 22.8 Å². The van der Waals surface area contributed by atoms with Crippen LogP contribution in [-0.2, 0) is 6.54 Å². The van der Waals surface area contributed by atoms with Crippen molar-refractivity contribution in [2.75, 3.05) is 14.1 Å². The summed E-state index contributed by atoms with van der Waals surface area (Å²) in [6, 6.07) is 12.7. The third kappa shape index (κ3) is 1.68. The van der Waals surface area contributed by atoms with Gasteiger partial charge in [0.2, 0.25) is 0 Å². The highest BCUT2D eigenvalue weighted by molar-refractivity contribution is 5.91. The number of hydrazine groups is 1. The molecule has 2 aromatic rings. The van der Waals surface area contributed by atoms with E-state index in [1.807, 2.05) is 25.4 Å². The molecule has 0 radical (unpaired) electrons. The SMILES string of the molecule is CN(C)N1C=Nc2ccc3ccccc3c2C1. The van der Waals surface area contributed by atoms with E-state index in [1.54, 1.807) is 0 Å². The van der Waals surface area contributed by atoms with Crippen LogP contribution in [0.15, 0.2) is 41.4 Å². The minimum atomic E-state index is 0.882. The summed E-state index contributed by atoms with van der Waals surface area (Å²) in [7, 11) is 4.06. The van der Waals surface area contributed by atoms with Gasteiger partial charge in [0.05, 0.1) is 12.2 Å². The minimum absolute atomic E-state index is 0.882. The van der Waals surface area contributed by atoms with E-state index in [1.165, 1.54) is 16.3 Å². The molecule has 0 atom stereocenters. The van der Waals surface area contributed by atoms with Crippen LogP contribution in [0.25, 0.3) is 10.8 Å². The summed E-state index contributed by atoms with van der Waals surface area (Å²) in [5, 5.41) is 6.74. The predicted octanol–water partition coefficient (Wildman–Crippen LogP) is 2.79. The summed E-state index contributed by atoms with van der Waals surface area (Å²) in [6.07, 6.45) is 1.89. The molecule has 1 aliphatic heterocycles. The average molecular weight is 225 g/mol. The number of benzene rings is 2. The lowest BCUT2D eigenvalue weighted by Crippen LogP contribution is -2.36. The van der Waals surface area contributed by atoms with Crippen LogP contribution in [0.1, 0.15) is 5.56 Å². The van der Waals surface area contributed by atoms with E-state index in [2.05, 4.69) is 46.4 Å². The van der Waals surface area contributed by atoms with Crippen LogP contribution < -0.4 is 0 Å². The molecule has 0 spiro atoms. The van der Waals surface area contributed by atoms with Gasteiger partial charge in [0.1, 0.15) is 6.34 Å². The molecule has 0 fully saturated rings. The van der Waals surface area contributed by atoms with Gasteiger partial charge in [-0.2, -0.15) is 0 Å². The molecular formula is C14H15N3. The first-order chi connectivity index (χ1) is 8.25. The highest BCUT2D eigenvalue weighted by Crippen LogP contribution is 2.31. The zero-order valence-electron chi connectivity index (χ0n) is 10.1. The second kappa shape index (κ2) is 3.86. The van der Waals surface area contributed by atoms with Gasteiger partial charge in [-0.3, -0.25) is 5.01 Å². The second-order valence-electron chi connectivity index (χ2n) is 4.47. The fourth-order valence-corrected chi connectivity index (χ4v) is 2.19. The van der Waals surface area contributed by atoms with Crippen molar-refractivity contribution in [3.05, 3.63) is 42.0 Å². The van der Waals surface area contributed by atoms with Crippen LogP contribution in [0.3, 0.4) is 0 Å². The van der Waals surface area contributed by atoms with Crippen LogP contribution in [-0.4, -0.2) is 30.5 Å². The lowest BCUT2D eigenvalue weighted by molar-refractivity contribution is 0.108. The molecular weight excluding hydrogens is 210 g/mol. The fraction of sp³-hybridized carbons (Fsp3) is 0.214. The minimum Gasteiger partial charge on any atom is -0.292 e. The Bertz CT molecular complexity index is 587. The summed E-state index contributed by atoms with van der Waals surface area (Å²) in [5.74, 6) is 0. The molecule has 0 unspecified atom stereocenters. The largest absolute Gasteiger partial charge is 0.292 e. The number of fused-ring (bicyclic) bond motifs is 3. The van der Waals surface area contributed by atoms with Crippen LogP contribution in [0.5, 0.6) is 0 Å². The molecule has 0 saturated carbocycles. The highest BCUT2D eigenvalue weighted by Gasteiger charge is 2.15. The van der Waals surface area contributed by atoms with E-state index >= 15 is 0 Å². The van der Waals surface area contributed by atoms with E-state index in [-0.39, 0.29) is 0 Å². The normalized spacial score (nSPS) is 14.4. The summed E-state index contributed by atoms with van der Waals surface area (Å²) >= 11 is 0. The molecule has 86 valence electrons. The quantitative estimate of drug-likeness (QED) is 0.743. The molecule has 0 saturated heterocycles. The number of rotatable bonds is 1. The molecule has 1 aliphatic rings. The van der Waals surface area contributed by atoms with Crippen molar-refractivity contribution < 1.29 is 0 Å². The van der Waals surface area contributed by atoms with Crippen LogP contribution in [0.2, 0.25) is 0 Å². The van der Waals surface area contributed by atoms with E-state index in [0.717, 1.165) is 12.2 Å². The molecule has 0 bridgehead atoms. The topological polar surface area (TPSA) is 18.8 Å². The molecule has 2 aromatic carbocycles.